The number of guanidine groups is 1. The number of nitrogens with zero attached hydrogens (tertiary/aromatic N) is 3. The molecule has 1 fully saturated rings. The number of ether oxygens (including phenoxy) is 1. The van der Waals surface area contributed by atoms with Crippen molar-refractivity contribution >= 4 is 41.5 Å². The summed E-state index contributed by atoms with van der Waals surface area (Å²) in [5, 5.41) is 5.95. The first-order valence-corrected chi connectivity index (χ1v) is 9.41. The molecule has 1 unspecified atom stereocenters. The van der Waals surface area contributed by atoms with Gasteiger partial charge in [-0.3, -0.25) is 14.8 Å². The predicted molar refractivity (Wildman–Crippen MR) is 126 cm³/mol. The number of carbonyl (C=O) groups excluding carboxylic acids is 1. The van der Waals surface area contributed by atoms with Crippen molar-refractivity contribution in [3.05, 3.63) is 59.4 Å². The Balaban J connectivity index is 0.00000300. The molecule has 1 aliphatic heterocycles. The highest BCUT2D eigenvalue weighted by molar-refractivity contribution is 14.0. The Labute approximate surface area is 189 Å². The molecule has 0 bridgehead atoms. The van der Waals surface area contributed by atoms with E-state index in [2.05, 4.69) is 57.6 Å². The fraction of sp³-hybridized carbons (Fsp3) is 0.381. The van der Waals surface area contributed by atoms with Crippen molar-refractivity contribution in [1.82, 2.24) is 15.2 Å². The van der Waals surface area contributed by atoms with Gasteiger partial charge in [0.25, 0.3) is 0 Å². The minimum absolute atomic E-state index is 0. The largest absolute Gasteiger partial charge is 0.370 e. The Morgan fingerprint density at radius 1 is 1.34 bits per heavy atom. The third kappa shape index (κ3) is 6.40. The fourth-order valence-electron chi connectivity index (χ4n) is 3.35. The molecule has 0 spiro atoms. The summed E-state index contributed by atoms with van der Waals surface area (Å²) in [4.78, 5) is 22.6. The Morgan fingerprint density at radius 2 is 2.17 bits per heavy atom. The zero-order chi connectivity index (χ0) is 19.9. The van der Waals surface area contributed by atoms with Gasteiger partial charge in [0.15, 0.2) is 5.96 Å². The van der Waals surface area contributed by atoms with E-state index >= 15 is 0 Å². The van der Waals surface area contributed by atoms with Crippen molar-refractivity contribution in [2.45, 2.75) is 20.0 Å². The van der Waals surface area contributed by atoms with E-state index in [0.717, 1.165) is 6.54 Å². The van der Waals surface area contributed by atoms with Gasteiger partial charge in [-0.15, -0.1) is 24.0 Å². The maximum absolute atomic E-state index is 12.2. The average Bonchev–Trinajstić information content (AvgIpc) is 2.69. The SMILES string of the molecule is CN=C(NCC(=O)Nc1cccnc1)N1CCOC(c2ccc(C)cc2C)C1.I. The number of hydrogen-bond acceptors (Lipinski definition) is 4. The number of nitrogens with one attached hydrogen (secondary N) is 2. The lowest BCUT2D eigenvalue weighted by Crippen LogP contribution is -2.49. The summed E-state index contributed by atoms with van der Waals surface area (Å²) >= 11 is 0. The summed E-state index contributed by atoms with van der Waals surface area (Å²) in [6.45, 7) is 6.36. The van der Waals surface area contributed by atoms with Crippen LogP contribution in [0.15, 0.2) is 47.7 Å². The molecule has 1 aromatic carbocycles. The van der Waals surface area contributed by atoms with Crippen LogP contribution in [-0.2, 0) is 9.53 Å². The maximum atomic E-state index is 12.2. The second-order valence-electron chi connectivity index (χ2n) is 6.86. The van der Waals surface area contributed by atoms with Gasteiger partial charge in [-0.2, -0.15) is 0 Å². The Morgan fingerprint density at radius 3 is 2.86 bits per heavy atom. The van der Waals surface area contributed by atoms with Gasteiger partial charge in [0, 0.05) is 19.8 Å². The number of halogens is 1. The molecule has 0 aliphatic carbocycles. The molecule has 1 atom stereocenters. The van der Waals surface area contributed by atoms with Crippen molar-refractivity contribution in [1.29, 1.82) is 0 Å². The summed E-state index contributed by atoms with van der Waals surface area (Å²) in [7, 11) is 1.73. The van der Waals surface area contributed by atoms with Crippen molar-refractivity contribution < 1.29 is 9.53 Å². The van der Waals surface area contributed by atoms with Crippen LogP contribution < -0.4 is 10.6 Å². The molecular formula is C21H28IN5O2. The van der Waals surface area contributed by atoms with Gasteiger partial charge in [0.2, 0.25) is 5.91 Å². The fourth-order valence-corrected chi connectivity index (χ4v) is 3.35. The van der Waals surface area contributed by atoms with Crippen LogP contribution in [0.25, 0.3) is 0 Å². The number of aryl methyl sites for hydroxylation is 2. The van der Waals surface area contributed by atoms with Gasteiger partial charge in [0.05, 0.1) is 31.6 Å². The maximum Gasteiger partial charge on any atom is 0.243 e. The summed E-state index contributed by atoms with van der Waals surface area (Å²) in [5.41, 5.74) is 4.34. The zero-order valence-electron chi connectivity index (χ0n) is 17.0. The summed E-state index contributed by atoms with van der Waals surface area (Å²) in [6.07, 6.45) is 3.26. The standard InChI is InChI=1S/C21H27N5O2.HI/c1-15-6-7-18(16(2)11-15)19-14-26(9-10-28-19)21(22-3)24-13-20(27)25-17-5-4-8-23-12-17;/h4-8,11-12,19H,9-10,13-14H2,1-3H3,(H,22,24)(H,25,27);1H. The van der Waals surface area contributed by atoms with Crippen LogP contribution >= 0.6 is 24.0 Å². The van der Waals surface area contributed by atoms with Crippen molar-refractivity contribution in [3.8, 4) is 0 Å². The Hall–Kier alpha value is -2.20. The first kappa shape index (κ1) is 23.1. The minimum atomic E-state index is -0.145. The smallest absolute Gasteiger partial charge is 0.243 e. The van der Waals surface area contributed by atoms with E-state index in [4.69, 9.17) is 4.74 Å². The molecule has 8 heteroatoms. The summed E-state index contributed by atoms with van der Waals surface area (Å²) in [5.74, 6) is 0.549. The highest BCUT2D eigenvalue weighted by Crippen LogP contribution is 2.25. The third-order valence-electron chi connectivity index (χ3n) is 4.70. The first-order valence-electron chi connectivity index (χ1n) is 9.41. The molecule has 1 amide bonds. The van der Waals surface area contributed by atoms with E-state index in [0.29, 0.717) is 24.8 Å². The van der Waals surface area contributed by atoms with Crippen LogP contribution in [0.5, 0.6) is 0 Å². The predicted octanol–water partition coefficient (Wildman–Crippen LogP) is 2.90. The highest BCUT2D eigenvalue weighted by atomic mass is 127. The van der Waals surface area contributed by atoms with Crippen LogP contribution in [0.2, 0.25) is 0 Å². The molecule has 0 saturated carbocycles. The quantitative estimate of drug-likeness (QED) is 0.377. The van der Waals surface area contributed by atoms with Crippen LogP contribution in [0, 0.1) is 13.8 Å². The lowest BCUT2D eigenvalue weighted by molar-refractivity contribution is -0.115. The van der Waals surface area contributed by atoms with Crippen molar-refractivity contribution in [3.63, 3.8) is 0 Å². The molecule has 1 saturated heterocycles. The molecular weight excluding hydrogens is 481 g/mol. The number of carbonyl (C=O) groups is 1. The molecule has 7 nitrogen and oxygen atoms in total. The zero-order valence-corrected chi connectivity index (χ0v) is 19.3. The highest BCUT2D eigenvalue weighted by Gasteiger charge is 2.25. The number of hydrogen-bond donors (Lipinski definition) is 2. The number of anilines is 1. The monoisotopic (exact) mass is 509 g/mol. The molecule has 0 radical (unpaired) electrons. The molecule has 2 N–H and O–H groups in total. The number of aliphatic imine (C=N–C) groups is 1. The molecule has 156 valence electrons. The summed E-state index contributed by atoms with van der Waals surface area (Å²) in [6, 6.07) is 10.0. The number of rotatable bonds is 4. The lowest BCUT2D eigenvalue weighted by atomic mass is 10.00. The summed E-state index contributed by atoms with van der Waals surface area (Å²) < 4.78 is 6.00. The number of aromatic nitrogens is 1. The van der Waals surface area contributed by atoms with E-state index in [-0.39, 0.29) is 42.5 Å². The van der Waals surface area contributed by atoms with Crippen molar-refractivity contribution in [2.24, 2.45) is 4.99 Å². The average molecular weight is 509 g/mol. The first-order chi connectivity index (χ1) is 13.6. The second-order valence-corrected chi connectivity index (χ2v) is 6.86. The minimum Gasteiger partial charge on any atom is -0.370 e. The number of benzene rings is 1. The van der Waals surface area contributed by atoms with Gasteiger partial charge >= 0.3 is 0 Å². The topological polar surface area (TPSA) is 78.8 Å². The molecule has 29 heavy (non-hydrogen) atoms. The number of pyridine rings is 1. The Bertz CT molecular complexity index is 844. The molecule has 1 aliphatic rings. The normalized spacial score (nSPS) is 16.7. The number of amides is 1. The molecule has 3 rings (SSSR count). The lowest BCUT2D eigenvalue weighted by Gasteiger charge is -2.35. The molecule has 2 aromatic rings. The van der Waals surface area contributed by atoms with E-state index < -0.39 is 0 Å². The van der Waals surface area contributed by atoms with Crippen LogP contribution in [0.1, 0.15) is 22.8 Å². The molecule has 2 heterocycles. The van der Waals surface area contributed by atoms with Gasteiger partial charge in [-0.25, -0.2) is 0 Å². The van der Waals surface area contributed by atoms with Gasteiger partial charge in [-0.05, 0) is 37.1 Å². The van der Waals surface area contributed by atoms with Gasteiger partial charge in [-0.1, -0.05) is 23.8 Å². The Kier molecular flexibility index (Phi) is 8.84. The van der Waals surface area contributed by atoms with Crippen LogP contribution in [-0.4, -0.2) is 55.0 Å². The van der Waals surface area contributed by atoms with Crippen LogP contribution in [0.4, 0.5) is 5.69 Å². The van der Waals surface area contributed by atoms with E-state index in [1.54, 1.807) is 31.6 Å². The van der Waals surface area contributed by atoms with E-state index in [1.165, 1.54) is 16.7 Å². The van der Waals surface area contributed by atoms with Crippen LogP contribution in [0.3, 0.4) is 0 Å². The van der Waals surface area contributed by atoms with Gasteiger partial charge < -0.3 is 20.3 Å². The van der Waals surface area contributed by atoms with Crippen molar-refractivity contribution in [2.75, 3.05) is 38.6 Å². The van der Waals surface area contributed by atoms with E-state index in [1.807, 2.05) is 0 Å². The second kappa shape index (κ2) is 11.1. The molecule has 1 aromatic heterocycles. The number of morpholine rings is 1. The third-order valence-corrected chi connectivity index (χ3v) is 4.70. The van der Waals surface area contributed by atoms with Gasteiger partial charge in [0.1, 0.15) is 6.10 Å². The van der Waals surface area contributed by atoms with E-state index in [9.17, 15) is 4.79 Å².